The van der Waals surface area contributed by atoms with E-state index in [0.717, 1.165) is 0 Å². The molecule has 1 aliphatic heterocycles. The van der Waals surface area contributed by atoms with Crippen LogP contribution < -0.4 is 10.6 Å². The van der Waals surface area contributed by atoms with Gasteiger partial charge in [0.1, 0.15) is 0 Å². The molecule has 0 radical (unpaired) electrons. The largest absolute Gasteiger partial charge is 0.388 e. The number of methoxy groups -OCH3 is 1. The topological polar surface area (TPSA) is 79.8 Å². The summed E-state index contributed by atoms with van der Waals surface area (Å²) >= 11 is 0. The van der Waals surface area contributed by atoms with Gasteiger partial charge < -0.3 is 25.2 Å². The zero-order valence-corrected chi connectivity index (χ0v) is 11.4. The van der Waals surface area contributed by atoms with Gasteiger partial charge in [-0.3, -0.25) is 4.79 Å². The van der Waals surface area contributed by atoms with Crippen molar-refractivity contribution in [3.05, 3.63) is 0 Å². The molecule has 1 saturated heterocycles. The van der Waals surface area contributed by atoms with Crippen LogP contribution in [0, 0.1) is 5.92 Å². The summed E-state index contributed by atoms with van der Waals surface area (Å²) in [5.74, 6) is -0.266. The molecule has 106 valence electrons. The molecule has 0 aromatic carbocycles. The molecule has 3 atom stereocenters. The maximum atomic E-state index is 12.0. The number of rotatable bonds is 7. The lowest BCUT2D eigenvalue weighted by atomic mass is 10.0. The lowest BCUT2D eigenvalue weighted by Crippen LogP contribution is -2.47. The van der Waals surface area contributed by atoms with Crippen molar-refractivity contribution in [3.8, 4) is 0 Å². The zero-order chi connectivity index (χ0) is 13.6. The number of nitrogens with one attached hydrogen (secondary N) is 2. The smallest absolute Gasteiger partial charge is 0.227 e. The third-order valence-electron chi connectivity index (χ3n) is 3.28. The quantitative estimate of drug-likeness (QED) is 0.554. The maximum Gasteiger partial charge on any atom is 0.227 e. The van der Waals surface area contributed by atoms with E-state index in [-0.39, 0.29) is 24.4 Å². The molecule has 3 N–H and O–H groups in total. The van der Waals surface area contributed by atoms with Crippen molar-refractivity contribution in [2.45, 2.75) is 25.0 Å². The first-order valence-electron chi connectivity index (χ1n) is 6.24. The normalized spacial score (nSPS) is 26.9. The maximum absolute atomic E-state index is 12.0. The molecule has 1 aliphatic rings. The second-order valence-electron chi connectivity index (χ2n) is 5.00. The molecule has 0 aliphatic carbocycles. The lowest BCUT2D eigenvalue weighted by Gasteiger charge is -2.25. The molecule has 0 spiro atoms. The van der Waals surface area contributed by atoms with Crippen LogP contribution in [0.3, 0.4) is 0 Å². The first kappa shape index (κ1) is 15.4. The van der Waals surface area contributed by atoms with Crippen molar-refractivity contribution < 1.29 is 19.4 Å². The number of aliphatic hydroxyl groups is 1. The van der Waals surface area contributed by atoms with Gasteiger partial charge in [0, 0.05) is 32.7 Å². The molecular weight excluding hydrogens is 236 g/mol. The van der Waals surface area contributed by atoms with Gasteiger partial charge in [0.2, 0.25) is 5.91 Å². The number of hydrogen-bond donors (Lipinski definition) is 3. The van der Waals surface area contributed by atoms with Gasteiger partial charge in [0.15, 0.2) is 0 Å². The van der Waals surface area contributed by atoms with E-state index in [0.29, 0.717) is 26.2 Å². The van der Waals surface area contributed by atoms with Gasteiger partial charge >= 0.3 is 0 Å². The Morgan fingerprint density at radius 1 is 1.56 bits per heavy atom. The van der Waals surface area contributed by atoms with Crippen molar-refractivity contribution >= 4 is 5.91 Å². The number of likely N-dealkylation sites (N-methyl/N-ethyl adjacent to an activating group) is 1. The molecule has 6 heteroatoms. The Hall–Kier alpha value is -0.690. The minimum atomic E-state index is -0.944. The number of amides is 1. The lowest BCUT2D eigenvalue weighted by molar-refractivity contribution is -0.126. The summed E-state index contributed by atoms with van der Waals surface area (Å²) in [5, 5.41) is 15.9. The number of hydrogen-bond acceptors (Lipinski definition) is 5. The highest BCUT2D eigenvalue weighted by Crippen LogP contribution is 2.14. The van der Waals surface area contributed by atoms with E-state index >= 15 is 0 Å². The SMILES string of the molecule is CNC1COCC1C(=O)NCC(C)(O)CCOC. The predicted octanol–water partition coefficient (Wildman–Crippen LogP) is -0.875. The molecule has 0 bridgehead atoms. The Balaban J connectivity index is 2.36. The summed E-state index contributed by atoms with van der Waals surface area (Å²) in [5.41, 5.74) is -0.944. The fourth-order valence-electron chi connectivity index (χ4n) is 1.92. The molecule has 1 rings (SSSR count). The summed E-state index contributed by atoms with van der Waals surface area (Å²) in [6.45, 7) is 3.36. The zero-order valence-electron chi connectivity index (χ0n) is 11.4. The molecule has 0 saturated carbocycles. The molecule has 6 nitrogen and oxygen atoms in total. The Labute approximate surface area is 108 Å². The third kappa shape index (κ3) is 4.53. The number of ether oxygens (including phenoxy) is 2. The molecule has 1 amide bonds. The van der Waals surface area contributed by atoms with Gasteiger partial charge in [-0.2, -0.15) is 0 Å². The van der Waals surface area contributed by atoms with E-state index in [2.05, 4.69) is 10.6 Å². The third-order valence-corrected chi connectivity index (χ3v) is 3.28. The van der Waals surface area contributed by atoms with E-state index in [9.17, 15) is 9.90 Å². The molecule has 1 fully saturated rings. The van der Waals surface area contributed by atoms with Crippen LogP contribution in [0.15, 0.2) is 0 Å². The first-order valence-corrected chi connectivity index (χ1v) is 6.24. The summed E-state index contributed by atoms with van der Waals surface area (Å²) in [7, 11) is 3.40. The van der Waals surface area contributed by atoms with Crippen molar-refractivity contribution in [2.75, 3.05) is 40.5 Å². The Morgan fingerprint density at radius 3 is 2.89 bits per heavy atom. The summed E-state index contributed by atoms with van der Waals surface area (Å²) < 4.78 is 10.2. The summed E-state index contributed by atoms with van der Waals surface area (Å²) in [4.78, 5) is 12.0. The van der Waals surface area contributed by atoms with E-state index in [4.69, 9.17) is 9.47 Å². The van der Waals surface area contributed by atoms with Crippen LogP contribution in [0.2, 0.25) is 0 Å². The molecule has 1 heterocycles. The Kier molecular flexibility index (Phi) is 6.01. The second kappa shape index (κ2) is 7.04. The van der Waals surface area contributed by atoms with Crippen molar-refractivity contribution in [1.82, 2.24) is 10.6 Å². The summed E-state index contributed by atoms with van der Waals surface area (Å²) in [6.07, 6.45) is 0.487. The summed E-state index contributed by atoms with van der Waals surface area (Å²) in [6, 6.07) is 0.0499. The Bertz CT molecular complexity index is 271. The highest BCUT2D eigenvalue weighted by molar-refractivity contribution is 5.79. The van der Waals surface area contributed by atoms with Gasteiger partial charge in [-0.1, -0.05) is 0 Å². The van der Waals surface area contributed by atoms with Crippen molar-refractivity contribution in [2.24, 2.45) is 5.92 Å². The van der Waals surface area contributed by atoms with E-state index in [1.165, 1.54) is 0 Å². The van der Waals surface area contributed by atoms with Crippen molar-refractivity contribution in [3.63, 3.8) is 0 Å². The molecule has 0 aromatic heterocycles. The van der Waals surface area contributed by atoms with E-state index < -0.39 is 5.60 Å². The second-order valence-corrected chi connectivity index (χ2v) is 5.00. The predicted molar refractivity (Wildman–Crippen MR) is 67.3 cm³/mol. The standard InChI is InChI=1S/C12H24N2O4/c1-12(16,4-5-17-3)8-14-11(15)9-6-18-7-10(9)13-2/h9-10,13,16H,4-8H2,1-3H3,(H,14,15). The van der Waals surface area contributed by atoms with Gasteiger partial charge in [-0.05, 0) is 14.0 Å². The fourth-order valence-corrected chi connectivity index (χ4v) is 1.92. The van der Waals surface area contributed by atoms with Gasteiger partial charge in [-0.25, -0.2) is 0 Å². The molecule has 18 heavy (non-hydrogen) atoms. The Morgan fingerprint density at radius 2 is 2.28 bits per heavy atom. The average Bonchev–Trinajstić information content (AvgIpc) is 2.82. The van der Waals surface area contributed by atoms with Crippen molar-refractivity contribution in [1.29, 1.82) is 0 Å². The van der Waals surface area contributed by atoms with Crippen LogP contribution in [-0.2, 0) is 14.3 Å². The van der Waals surface area contributed by atoms with E-state index in [1.807, 2.05) is 7.05 Å². The molecule has 0 aromatic rings. The average molecular weight is 260 g/mol. The number of carbonyl (C=O) groups is 1. The first-order chi connectivity index (χ1) is 8.50. The van der Waals surface area contributed by atoms with Crippen LogP contribution in [0.1, 0.15) is 13.3 Å². The monoisotopic (exact) mass is 260 g/mol. The molecule has 3 unspecified atom stereocenters. The minimum absolute atomic E-state index is 0.0499. The fraction of sp³-hybridized carbons (Fsp3) is 0.917. The highest BCUT2D eigenvalue weighted by Gasteiger charge is 2.33. The highest BCUT2D eigenvalue weighted by atomic mass is 16.5. The van der Waals surface area contributed by atoms with Gasteiger partial charge in [0.25, 0.3) is 0 Å². The van der Waals surface area contributed by atoms with Crippen LogP contribution in [0.5, 0.6) is 0 Å². The van der Waals surface area contributed by atoms with E-state index in [1.54, 1.807) is 14.0 Å². The molecular formula is C12H24N2O4. The van der Waals surface area contributed by atoms with Crippen LogP contribution in [-0.4, -0.2) is 63.2 Å². The van der Waals surface area contributed by atoms with Gasteiger partial charge in [0.05, 0.1) is 24.7 Å². The van der Waals surface area contributed by atoms with Crippen LogP contribution >= 0.6 is 0 Å². The minimum Gasteiger partial charge on any atom is -0.388 e. The van der Waals surface area contributed by atoms with Crippen LogP contribution in [0.25, 0.3) is 0 Å². The van der Waals surface area contributed by atoms with Gasteiger partial charge in [-0.15, -0.1) is 0 Å². The van der Waals surface area contributed by atoms with Crippen LogP contribution in [0.4, 0.5) is 0 Å². The number of carbonyl (C=O) groups excluding carboxylic acids is 1.